The van der Waals surface area contributed by atoms with E-state index in [9.17, 15) is 9.59 Å². The second-order valence-electron chi connectivity index (χ2n) is 3.76. The zero-order valence-electron chi connectivity index (χ0n) is 10.2. The molecule has 0 aromatic heterocycles. The van der Waals surface area contributed by atoms with Crippen molar-refractivity contribution in [2.45, 2.75) is 19.8 Å². The number of benzene rings is 1. The molecule has 0 heterocycles. The zero-order valence-corrected chi connectivity index (χ0v) is 10.2. The van der Waals surface area contributed by atoms with Gasteiger partial charge in [0, 0.05) is 18.9 Å². The van der Waals surface area contributed by atoms with Crippen molar-refractivity contribution < 1.29 is 14.7 Å². The summed E-state index contributed by atoms with van der Waals surface area (Å²) in [6.07, 6.45) is 0.546. The molecule has 4 heteroatoms. The number of nitrogens with one attached hydrogen (secondary N) is 1. The fourth-order valence-corrected chi connectivity index (χ4v) is 1.41. The lowest BCUT2D eigenvalue weighted by atomic mass is 10.0. The molecule has 0 saturated heterocycles. The summed E-state index contributed by atoms with van der Waals surface area (Å²) in [4.78, 5) is 21.2. The maximum Gasteiger partial charge on any atom is 0.303 e. The van der Waals surface area contributed by atoms with Crippen LogP contribution in [0.25, 0.3) is 0 Å². The highest BCUT2D eigenvalue weighted by Crippen LogP contribution is 2.09. The Hall–Kier alpha value is -2.28. The molecule has 4 nitrogen and oxygen atoms in total. The average Bonchev–Trinajstić information content (AvgIpc) is 2.33. The van der Waals surface area contributed by atoms with Crippen molar-refractivity contribution in [1.82, 2.24) is 5.32 Å². The van der Waals surface area contributed by atoms with Crippen LogP contribution >= 0.6 is 0 Å². The number of carboxylic acid groups (broad SMARTS) is 1. The smallest absolute Gasteiger partial charge is 0.303 e. The van der Waals surface area contributed by atoms with E-state index in [1.165, 1.54) is 6.92 Å². The number of carbonyl (C=O) groups excluding carboxylic acids is 1. The molecular weight excluding hydrogens is 230 g/mol. The largest absolute Gasteiger partial charge is 0.481 e. The number of carbonyl (C=O) groups is 2. The van der Waals surface area contributed by atoms with Gasteiger partial charge in [-0.1, -0.05) is 30.0 Å². The average molecular weight is 245 g/mol. The number of hydrogen-bond donors (Lipinski definition) is 2. The van der Waals surface area contributed by atoms with Crippen LogP contribution in [0, 0.1) is 11.8 Å². The van der Waals surface area contributed by atoms with Gasteiger partial charge in [0.05, 0.1) is 6.54 Å². The number of carboxylic acids is 1. The van der Waals surface area contributed by atoms with Crippen molar-refractivity contribution >= 4 is 11.9 Å². The minimum absolute atomic E-state index is 0.0877. The Kier molecular flexibility index (Phi) is 5.46. The lowest BCUT2D eigenvalue weighted by Crippen LogP contribution is -2.19. The van der Waals surface area contributed by atoms with Gasteiger partial charge in [-0.15, -0.1) is 0 Å². The molecule has 1 aromatic rings. The number of amides is 1. The van der Waals surface area contributed by atoms with Gasteiger partial charge in [0.15, 0.2) is 0 Å². The molecule has 94 valence electrons. The van der Waals surface area contributed by atoms with E-state index in [1.54, 1.807) is 0 Å². The van der Waals surface area contributed by atoms with E-state index in [-0.39, 0.29) is 12.3 Å². The molecule has 0 aliphatic rings. The van der Waals surface area contributed by atoms with Gasteiger partial charge in [0.1, 0.15) is 0 Å². The molecule has 1 aromatic carbocycles. The Balaban J connectivity index is 2.69. The topological polar surface area (TPSA) is 66.4 Å². The van der Waals surface area contributed by atoms with Crippen LogP contribution in [0.3, 0.4) is 0 Å². The molecule has 0 aliphatic heterocycles. The first-order valence-corrected chi connectivity index (χ1v) is 5.62. The molecule has 0 aliphatic carbocycles. The first kappa shape index (κ1) is 13.8. The van der Waals surface area contributed by atoms with Crippen molar-refractivity contribution in [2.24, 2.45) is 0 Å². The Morgan fingerprint density at radius 2 is 2.06 bits per heavy atom. The van der Waals surface area contributed by atoms with Crippen LogP contribution in [0.4, 0.5) is 0 Å². The molecule has 0 saturated carbocycles. The minimum atomic E-state index is -0.823. The third-order valence-corrected chi connectivity index (χ3v) is 2.27. The molecule has 1 rings (SSSR count). The van der Waals surface area contributed by atoms with Crippen molar-refractivity contribution in [3.05, 3.63) is 35.4 Å². The summed E-state index contributed by atoms with van der Waals surface area (Å²) in [5, 5.41) is 11.2. The second kappa shape index (κ2) is 7.13. The maximum absolute atomic E-state index is 10.7. The lowest BCUT2D eigenvalue weighted by Gasteiger charge is -2.02. The van der Waals surface area contributed by atoms with Crippen molar-refractivity contribution in [1.29, 1.82) is 0 Å². The number of hydrogen-bond acceptors (Lipinski definition) is 2. The summed E-state index contributed by atoms with van der Waals surface area (Å²) < 4.78 is 0. The molecule has 18 heavy (non-hydrogen) atoms. The number of aryl methyl sites for hydroxylation is 1. The second-order valence-corrected chi connectivity index (χ2v) is 3.76. The van der Waals surface area contributed by atoms with Crippen molar-refractivity contribution in [2.75, 3.05) is 6.54 Å². The normalized spacial score (nSPS) is 9.17. The first-order chi connectivity index (χ1) is 8.59. The van der Waals surface area contributed by atoms with Gasteiger partial charge < -0.3 is 10.4 Å². The zero-order chi connectivity index (χ0) is 13.4. The van der Waals surface area contributed by atoms with Gasteiger partial charge in [0.2, 0.25) is 5.91 Å². The van der Waals surface area contributed by atoms with E-state index >= 15 is 0 Å². The summed E-state index contributed by atoms with van der Waals surface area (Å²) in [6.45, 7) is 1.73. The van der Waals surface area contributed by atoms with E-state index in [0.29, 0.717) is 13.0 Å². The molecule has 0 unspecified atom stereocenters. The Labute approximate surface area is 106 Å². The highest BCUT2D eigenvalue weighted by atomic mass is 16.4. The number of rotatable bonds is 4. The Bertz CT molecular complexity index is 497. The summed E-state index contributed by atoms with van der Waals surface area (Å²) in [6, 6.07) is 7.42. The van der Waals surface area contributed by atoms with E-state index in [1.807, 2.05) is 24.3 Å². The SMILES string of the molecule is CC(=O)NCC#Cc1ccccc1CCC(=O)O. The van der Waals surface area contributed by atoms with Crippen LogP contribution < -0.4 is 5.32 Å². The van der Waals surface area contributed by atoms with Gasteiger partial charge in [-0.2, -0.15) is 0 Å². The standard InChI is InChI=1S/C14H15NO3/c1-11(16)15-10-4-7-12-5-2-3-6-13(12)8-9-14(17)18/h2-3,5-6H,8-10H2,1H3,(H,15,16)(H,17,18). The minimum Gasteiger partial charge on any atom is -0.481 e. The molecule has 1 amide bonds. The quantitative estimate of drug-likeness (QED) is 0.783. The van der Waals surface area contributed by atoms with Crippen LogP contribution in [0.15, 0.2) is 24.3 Å². The fourth-order valence-electron chi connectivity index (χ4n) is 1.41. The molecule has 0 spiro atoms. The van der Waals surface area contributed by atoms with Gasteiger partial charge >= 0.3 is 5.97 Å². The molecule has 0 fully saturated rings. The van der Waals surface area contributed by atoms with Gasteiger partial charge in [-0.25, -0.2) is 0 Å². The van der Waals surface area contributed by atoms with Crippen LogP contribution in [0.1, 0.15) is 24.5 Å². The van der Waals surface area contributed by atoms with Crippen LogP contribution in [0.5, 0.6) is 0 Å². The highest BCUT2D eigenvalue weighted by Gasteiger charge is 2.02. The molecule has 0 bridgehead atoms. The van der Waals surface area contributed by atoms with Gasteiger partial charge in [0.25, 0.3) is 0 Å². The Morgan fingerprint density at radius 1 is 1.33 bits per heavy atom. The van der Waals surface area contributed by atoms with Gasteiger partial charge in [-0.3, -0.25) is 9.59 Å². The molecular formula is C14H15NO3. The van der Waals surface area contributed by atoms with Gasteiger partial charge in [-0.05, 0) is 18.1 Å². The molecule has 0 radical (unpaired) electrons. The summed E-state index contributed by atoms with van der Waals surface area (Å²) in [7, 11) is 0. The fraction of sp³-hybridized carbons (Fsp3) is 0.286. The van der Waals surface area contributed by atoms with Crippen LogP contribution in [0.2, 0.25) is 0 Å². The Morgan fingerprint density at radius 3 is 2.72 bits per heavy atom. The van der Waals surface area contributed by atoms with Crippen LogP contribution in [-0.4, -0.2) is 23.5 Å². The predicted octanol–water partition coefficient (Wildman–Crippen LogP) is 1.19. The molecule has 2 N–H and O–H groups in total. The number of aliphatic carboxylic acids is 1. The van der Waals surface area contributed by atoms with E-state index in [2.05, 4.69) is 17.2 Å². The molecule has 0 atom stereocenters. The highest BCUT2D eigenvalue weighted by molar-refractivity contribution is 5.73. The third kappa shape index (κ3) is 5.17. The third-order valence-electron chi connectivity index (χ3n) is 2.27. The lowest BCUT2D eigenvalue weighted by molar-refractivity contribution is -0.137. The predicted molar refractivity (Wildman–Crippen MR) is 68.0 cm³/mol. The van der Waals surface area contributed by atoms with Crippen molar-refractivity contribution in [3.8, 4) is 11.8 Å². The first-order valence-electron chi connectivity index (χ1n) is 5.62. The summed E-state index contributed by atoms with van der Waals surface area (Å²) in [5.74, 6) is 4.82. The maximum atomic E-state index is 10.7. The monoisotopic (exact) mass is 245 g/mol. The summed E-state index contributed by atoms with van der Waals surface area (Å²) >= 11 is 0. The van der Waals surface area contributed by atoms with Crippen molar-refractivity contribution in [3.63, 3.8) is 0 Å². The van der Waals surface area contributed by atoms with E-state index < -0.39 is 5.97 Å². The van der Waals surface area contributed by atoms with E-state index in [4.69, 9.17) is 5.11 Å². The summed E-state index contributed by atoms with van der Waals surface area (Å²) in [5.41, 5.74) is 1.72. The van der Waals surface area contributed by atoms with Crippen LogP contribution in [-0.2, 0) is 16.0 Å². The van der Waals surface area contributed by atoms with E-state index in [0.717, 1.165) is 11.1 Å².